The van der Waals surface area contributed by atoms with Crippen molar-refractivity contribution in [2.75, 3.05) is 0 Å². The molecule has 3 heterocycles. The Morgan fingerprint density at radius 3 is 2.62 bits per heavy atom. The summed E-state index contributed by atoms with van der Waals surface area (Å²) in [6.07, 6.45) is 1.69. The van der Waals surface area contributed by atoms with Crippen molar-refractivity contribution in [3.05, 3.63) is 35.7 Å². The molecule has 0 radical (unpaired) electrons. The quantitative estimate of drug-likeness (QED) is 0.919. The van der Waals surface area contributed by atoms with E-state index < -0.39 is 6.04 Å². The van der Waals surface area contributed by atoms with E-state index in [4.69, 9.17) is 0 Å². The van der Waals surface area contributed by atoms with E-state index in [0.29, 0.717) is 17.9 Å². The second-order valence-corrected chi connectivity index (χ2v) is 6.32. The van der Waals surface area contributed by atoms with E-state index in [-0.39, 0.29) is 17.9 Å². The predicted molar refractivity (Wildman–Crippen MR) is 89.1 cm³/mol. The standard InChI is InChI=1S/C17H21N5O2/c1-10(2)19-16(23)11(3)22-9-12-5-6-13(20-15(12)17(22)24)14-7-8-18-21(14)4/h5-8,10-11H,9H2,1-4H3,(H,19,23)/t11-/m1/s1. The van der Waals surface area contributed by atoms with Gasteiger partial charge in [-0.2, -0.15) is 5.10 Å². The first-order chi connectivity index (χ1) is 11.4. The van der Waals surface area contributed by atoms with Gasteiger partial charge in [-0.15, -0.1) is 0 Å². The van der Waals surface area contributed by atoms with Crippen molar-refractivity contribution in [1.82, 2.24) is 25.0 Å². The number of hydrogen-bond donors (Lipinski definition) is 1. The number of pyridine rings is 1. The molecular weight excluding hydrogens is 306 g/mol. The summed E-state index contributed by atoms with van der Waals surface area (Å²) in [7, 11) is 1.83. The number of fused-ring (bicyclic) bond motifs is 1. The first-order valence-electron chi connectivity index (χ1n) is 7.98. The smallest absolute Gasteiger partial charge is 0.273 e. The Kier molecular flexibility index (Phi) is 4.09. The Bertz CT molecular complexity index is 796. The Labute approximate surface area is 140 Å². The van der Waals surface area contributed by atoms with Crippen molar-refractivity contribution >= 4 is 11.8 Å². The van der Waals surface area contributed by atoms with Crippen LogP contribution in [0.3, 0.4) is 0 Å². The molecule has 0 fully saturated rings. The minimum absolute atomic E-state index is 0.0367. The van der Waals surface area contributed by atoms with E-state index in [1.165, 1.54) is 0 Å². The van der Waals surface area contributed by atoms with Crippen LogP contribution < -0.4 is 5.32 Å². The Hall–Kier alpha value is -2.70. The van der Waals surface area contributed by atoms with Crippen LogP contribution in [0.4, 0.5) is 0 Å². The van der Waals surface area contributed by atoms with Crippen molar-refractivity contribution in [2.24, 2.45) is 7.05 Å². The molecule has 0 aromatic carbocycles. The van der Waals surface area contributed by atoms with E-state index in [1.807, 2.05) is 39.1 Å². The van der Waals surface area contributed by atoms with Gasteiger partial charge < -0.3 is 10.2 Å². The number of aryl methyl sites for hydroxylation is 1. The second kappa shape index (κ2) is 6.07. The molecule has 3 rings (SSSR count). The summed E-state index contributed by atoms with van der Waals surface area (Å²) in [5, 5.41) is 6.97. The maximum Gasteiger partial charge on any atom is 0.273 e. The summed E-state index contributed by atoms with van der Waals surface area (Å²) >= 11 is 0. The van der Waals surface area contributed by atoms with Crippen molar-refractivity contribution in [3.8, 4) is 11.4 Å². The minimum Gasteiger partial charge on any atom is -0.352 e. The van der Waals surface area contributed by atoms with E-state index in [9.17, 15) is 9.59 Å². The molecule has 2 aromatic heterocycles. The van der Waals surface area contributed by atoms with Crippen molar-refractivity contribution in [1.29, 1.82) is 0 Å². The fourth-order valence-electron chi connectivity index (χ4n) is 2.82. The van der Waals surface area contributed by atoms with Crippen molar-refractivity contribution < 1.29 is 9.59 Å². The lowest BCUT2D eigenvalue weighted by Crippen LogP contribution is -2.47. The molecule has 0 saturated carbocycles. The third-order valence-electron chi connectivity index (χ3n) is 4.14. The van der Waals surface area contributed by atoms with Gasteiger partial charge in [-0.3, -0.25) is 14.3 Å². The molecule has 1 aliphatic heterocycles. The molecule has 1 N–H and O–H groups in total. The molecule has 0 saturated heterocycles. The Balaban J connectivity index is 1.86. The van der Waals surface area contributed by atoms with Gasteiger partial charge >= 0.3 is 0 Å². The summed E-state index contributed by atoms with van der Waals surface area (Å²) in [5.74, 6) is -0.363. The number of aromatic nitrogens is 3. The maximum atomic E-state index is 12.7. The van der Waals surface area contributed by atoms with Gasteiger partial charge in [0.15, 0.2) is 0 Å². The minimum atomic E-state index is -0.533. The van der Waals surface area contributed by atoms with Crippen LogP contribution in [0.25, 0.3) is 11.4 Å². The van der Waals surface area contributed by atoms with E-state index >= 15 is 0 Å². The third-order valence-corrected chi connectivity index (χ3v) is 4.14. The molecule has 126 valence electrons. The molecule has 2 amide bonds. The van der Waals surface area contributed by atoms with Gasteiger partial charge in [-0.25, -0.2) is 4.98 Å². The summed E-state index contributed by atoms with van der Waals surface area (Å²) < 4.78 is 1.71. The zero-order valence-corrected chi connectivity index (χ0v) is 14.3. The van der Waals surface area contributed by atoms with Gasteiger partial charge in [0.1, 0.15) is 11.7 Å². The average Bonchev–Trinajstić information content (AvgIpc) is 3.09. The number of hydrogen-bond acceptors (Lipinski definition) is 4. The monoisotopic (exact) mass is 327 g/mol. The normalized spacial score (nSPS) is 14.9. The van der Waals surface area contributed by atoms with Gasteiger partial charge in [0, 0.05) is 31.4 Å². The highest BCUT2D eigenvalue weighted by atomic mass is 16.2. The fourth-order valence-corrected chi connectivity index (χ4v) is 2.82. The summed E-state index contributed by atoms with van der Waals surface area (Å²) in [4.78, 5) is 31.0. The van der Waals surface area contributed by atoms with Crippen LogP contribution in [0.2, 0.25) is 0 Å². The third kappa shape index (κ3) is 2.77. The lowest BCUT2D eigenvalue weighted by atomic mass is 10.2. The molecule has 1 atom stereocenters. The van der Waals surface area contributed by atoms with Crippen LogP contribution in [0, 0.1) is 0 Å². The van der Waals surface area contributed by atoms with Crippen LogP contribution in [-0.2, 0) is 18.4 Å². The van der Waals surface area contributed by atoms with Gasteiger partial charge in [-0.05, 0) is 32.9 Å². The van der Waals surface area contributed by atoms with Crippen LogP contribution in [0.1, 0.15) is 36.8 Å². The first-order valence-corrected chi connectivity index (χ1v) is 7.98. The highest BCUT2D eigenvalue weighted by Gasteiger charge is 2.35. The summed E-state index contributed by atoms with van der Waals surface area (Å²) in [6, 6.07) is 5.13. The Morgan fingerprint density at radius 2 is 2.00 bits per heavy atom. The molecule has 7 heteroatoms. The number of carbonyl (C=O) groups is 2. The van der Waals surface area contributed by atoms with Crippen LogP contribution in [0.5, 0.6) is 0 Å². The first kappa shape index (κ1) is 16.2. The highest BCUT2D eigenvalue weighted by molar-refractivity contribution is 5.99. The van der Waals surface area contributed by atoms with Gasteiger partial charge in [-0.1, -0.05) is 6.07 Å². The molecule has 2 aromatic rings. The molecular formula is C17H21N5O2. The van der Waals surface area contributed by atoms with Gasteiger partial charge in [0.05, 0.1) is 11.4 Å². The lowest BCUT2D eigenvalue weighted by molar-refractivity contribution is -0.125. The van der Waals surface area contributed by atoms with Crippen LogP contribution in [0.15, 0.2) is 24.4 Å². The average molecular weight is 327 g/mol. The number of nitrogens with one attached hydrogen (secondary N) is 1. The zero-order chi connectivity index (χ0) is 17.4. The van der Waals surface area contributed by atoms with E-state index in [2.05, 4.69) is 15.4 Å². The predicted octanol–water partition coefficient (Wildman–Crippen LogP) is 1.35. The number of amides is 2. The second-order valence-electron chi connectivity index (χ2n) is 6.32. The number of nitrogens with zero attached hydrogens (tertiary/aromatic N) is 4. The van der Waals surface area contributed by atoms with E-state index in [1.54, 1.807) is 22.7 Å². The van der Waals surface area contributed by atoms with Crippen molar-refractivity contribution in [3.63, 3.8) is 0 Å². The van der Waals surface area contributed by atoms with Crippen molar-refractivity contribution in [2.45, 2.75) is 39.4 Å². The zero-order valence-electron chi connectivity index (χ0n) is 14.3. The Morgan fingerprint density at radius 1 is 1.25 bits per heavy atom. The molecule has 0 unspecified atom stereocenters. The topological polar surface area (TPSA) is 80.1 Å². The largest absolute Gasteiger partial charge is 0.352 e. The maximum absolute atomic E-state index is 12.7. The fraction of sp³-hybridized carbons (Fsp3) is 0.412. The molecule has 0 spiro atoms. The van der Waals surface area contributed by atoms with Gasteiger partial charge in [0.2, 0.25) is 5.91 Å². The lowest BCUT2D eigenvalue weighted by Gasteiger charge is -2.24. The highest BCUT2D eigenvalue weighted by Crippen LogP contribution is 2.26. The van der Waals surface area contributed by atoms with Gasteiger partial charge in [0.25, 0.3) is 5.91 Å². The molecule has 1 aliphatic rings. The van der Waals surface area contributed by atoms with E-state index in [0.717, 1.165) is 11.3 Å². The molecule has 0 bridgehead atoms. The SMILES string of the molecule is CC(C)NC(=O)[C@@H](C)N1Cc2ccc(-c3ccnn3C)nc2C1=O. The number of carbonyl (C=O) groups excluding carboxylic acids is 2. The number of rotatable bonds is 4. The van der Waals surface area contributed by atoms with Crippen LogP contribution in [-0.4, -0.2) is 43.6 Å². The van der Waals surface area contributed by atoms with Crippen LogP contribution >= 0.6 is 0 Å². The molecule has 0 aliphatic carbocycles. The summed E-state index contributed by atoms with van der Waals surface area (Å²) in [5.41, 5.74) is 2.80. The molecule has 7 nitrogen and oxygen atoms in total. The molecule has 24 heavy (non-hydrogen) atoms. The summed E-state index contributed by atoms with van der Waals surface area (Å²) in [6.45, 7) is 5.93.